The van der Waals surface area contributed by atoms with E-state index in [1.165, 1.54) is 51.7 Å². The molecule has 3 atom stereocenters. The van der Waals surface area contributed by atoms with E-state index in [1.807, 2.05) is 0 Å². The minimum atomic E-state index is 0.737. The van der Waals surface area contributed by atoms with Crippen molar-refractivity contribution >= 4 is 5.69 Å². The third-order valence-corrected chi connectivity index (χ3v) is 5.67. The average Bonchev–Trinajstić information content (AvgIpc) is 2.68. The van der Waals surface area contributed by atoms with Gasteiger partial charge in [-0.1, -0.05) is 38.0 Å². The highest BCUT2D eigenvalue weighted by Crippen LogP contribution is 2.47. The molecule has 3 aliphatic heterocycles. The number of para-hydroxylation sites is 1. The van der Waals surface area contributed by atoms with Gasteiger partial charge in [0.15, 0.2) is 0 Å². The second-order valence-electron chi connectivity index (χ2n) is 6.86. The van der Waals surface area contributed by atoms with Gasteiger partial charge in [-0.15, -0.1) is 0 Å². The summed E-state index contributed by atoms with van der Waals surface area (Å²) in [4.78, 5) is 2.78. The van der Waals surface area contributed by atoms with Crippen molar-refractivity contribution in [3.8, 4) is 0 Å². The standard InChI is InChI=1S/C18H26N2/c1-2-4-13-8-10-20-17-7-9-19-12-16(17)15-6-3-5-14(11-13)18(15)20/h3,5-6,13,16-17,19H,2,4,7-12H2,1H3/t13?,16-,17?/m0/s1. The summed E-state index contributed by atoms with van der Waals surface area (Å²) in [5.41, 5.74) is 4.90. The average molecular weight is 270 g/mol. The van der Waals surface area contributed by atoms with Gasteiger partial charge < -0.3 is 10.2 Å². The number of anilines is 1. The van der Waals surface area contributed by atoms with Crippen LogP contribution in [0.5, 0.6) is 0 Å². The van der Waals surface area contributed by atoms with Crippen LogP contribution in [0, 0.1) is 5.92 Å². The lowest BCUT2D eigenvalue weighted by atomic mass is 9.87. The van der Waals surface area contributed by atoms with Gasteiger partial charge in [-0.3, -0.25) is 0 Å². The third kappa shape index (κ3) is 1.88. The number of hydrogen-bond donors (Lipinski definition) is 1. The first-order valence-corrected chi connectivity index (χ1v) is 8.47. The molecule has 2 heteroatoms. The Morgan fingerprint density at radius 3 is 3.15 bits per heavy atom. The lowest BCUT2D eigenvalue weighted by Crippen LogP contribution is -2.44. The fourth-order valence-electron chi connectivity index (χ4n) is 4.79. The van der Waals surface area contributed by atoms with E-state index in [9.17, 15) is 0 Å². The van der Waals surface area contributed by atoms with Crippen LogP contribution in [0.2, 0.25) is 0 Å². The minimum Gasteiger partial charge on any atom is -0.367 e. The molecule has 0 saturated carbocycles. The van der Waals surface area contributed by atoms with Crippen LogP contribution < -0.4 is 10.2 Å². The van der Waals surface area contributed by atoms with Gasteiger partial charge in [-0.05, 0) is 42.9 Å². The summed E-state index contributed by atoms with van der Waals surface area (Å²) in [6.07, 6.45) is 6.74. The first kappa shape index (κ1) is 12.7. The van der Waals surface area contributed by atoms with Gasteiger partial charge >= 0.3 is 0 Å². The van der Waals surface area contributed by atoms with Crippen molar-refractivity contribution in [1.82, 2.24) is 5.32 Å². The molecule has 108 valence electrons. The van der Waals surface area contributed by atoms with Crippen molar-refractivity contribution in [3.05, 3.63) is 29.3 Å². The molecule has 20 heavy (non-hydrogen) atoms. The molecule has 3 heterocycles. The molecule has 1 fully saturated rings. The molecule has 0 aromatic heterocycles. The zero-order valence-electron chi connectivity index (χ0n) is 12.6. The van der Waals surface area contributed by atoms with Gasteiger partial charge in [0, 0.05) is 30.7 Å². The fourth-order valence-corrected chi connectivity index (χ4v) is 4.79. The van der Waals surface area contributed by atoms with Crippen LogP contribution in [0.1, 0.15) is 49.7 Å². The molecule has 1 N–H and O–H groups in total. The van der Waals surface area contributed by atoms with Crippen LogP contribution in [0.15, 0.2) is 18.2 Å². The van der Waals surface area contributed by atoms with Gasteiger partial charge in [0.05, 0.1) is 0 Å². The van der Waals surface area contributed by atoms with Crippen molar-refractivity contribution in [3.63, 3.8) is 0 Å². The van der Waals surface area contributed by atoms with Crippen LogP contribution in [0.3, 0.4) is 0 Å². The zero-order valence-corrected chi connectivity index (χ0v) is 12.6. The summed E-state index contributed by atoms with van der Waals surface area (Å²) in [6.45, 7) is 5.99. The Morgan fingerprint density at radius 1 is 1.30 bits per heavy atom. The quantitative estimate of drug-likeness (QED) is 0.887. The number of hydrogen-bond acceptors (Lipinski definition) is 2. The lowest BCUT2D eigenvalue weighted by Gasteiger charge is -2.34. The largest absolute Gasteiger partial charge is 0.367 e. The van der Waals surface area contributed by atoms with Gasteiger partial charge in [0.2, 0.25) is 0 Å². The van der Waals surface area contributed by atoms with E-state index < -0.39 is 0 Å². The van der Waals surface area contributed by atoms with Crippen LogP contribution in [0.25, 0.3) is 0 Å². The van der Waals surface area contributed by atoms with Gasteiger partial charge in [0.1, 0.15) is 0 Å². The number of fused-ring (bicyclic) bond motifs is 3. The first-order chi connectivity index (χ1) is 9.88. The Bertz CT molecular complexity index is 496. The smallest absolute Gasteiger partial charge is 0.0438 e. The van der Waals surface area contributed by atoms with Gasteiger partial charge in [-0.2, -0.15) is 0 Å². The van der Waals surface area contributed by atoms with E-state index in [1.54, 1.807) is 16.8 Å². The van der Waals surface area contributed by atoms with E-state index in [0.29, 0.717) is 0 Å². The molecule has 0 bridgehead atoms. The van der Waals surface area contributed by atoms with E-state index in [0.717, 1.165) is 17.9 Å². The molecule has 2 nitrogen and oxygen atoms in total. The van der Waals surface area contributed by atoms with Crippen molar-refractivity contribution in [2.45, 2.75) is 51.0 Å². The highest BCUT2D eigenvalue weighted by atomic mass is 15.2. The summed E-state index contributed by atoms with van der Waals surface area (Å²) >= 11 is 0. The maximum absolute atomic E-state index is 3.60. The molecule has 0 amide bonds. The molecular weight excluding hydrogens is 244 g/mol. The van der Waals surface area contributed by atoms with E-state index in [2.05, 4.69) is 35.3 Å². The maximum atomic E-state index is 3.60. The Morgan fingerprint density at radius 2 is 2.25 bits per heavy atom. The fraction of sp³-hybridized carbons (Fsp3) is 0.667. The van der Waals surface area contributed by atoms with Gasteiger partial charge in [0.25, 0.3) is 0 Å². The monoisotopic (exact) mass is 270 g/mol. The first-order valence-electron chi connectivity index (χ1n) is 8.47. The normalized spacial score (nSPS) is 31.6. The van der Waals surface area contributed by atoms with Gasteiger partial charge in [-0.25, -0.2) is 0 Å². The minimum absolute atomic E-state index is 0.737. The number of piperidine rings is 1. The molecule has 2 unspecified atom stereocenters. The molecule has 1 saturated heterocycles. The topological polar surface area (TPSA) is 15.3 Å². The van der Waals surface area contributed by atoms with Crippen molar-refractivity contribution < 1.29 is 0 Å². The third-order valence-electron chi connectivity index (χ3n) is 5.67. The highest BCUT2D eigenvalue weighted by molar-refractivity contribution is 5.67. The number of rotatable bonds is 2. The highest BCUT2D eigenvalue weighted by Gasteiger charge is 2.41. The number of nitrogens with zero attached hydrogens (tertiary/aromatic N) is 1. The predicted octanol–water partition coefficient (Wildman–Crippen LogP) is 3.31. The van der Waals surface area contributed by atoms with E-state index >= 15 is 0 Å². The van der Waals surface area contributed by atoms with Crippen molar-refractivity contribution in [2.75, 3.05) is 24.5 Å². The summed E-state index contributed by atoms with van der Waals surface area (Å²) in [7, 11) is 0. The molecule has 1 aromatic rings. The molecule has 0 aliphatic carbocycles. The van der Waals surface area contributed by atoms with Crippen LogP contribution in [-0.4, -0.2) is 25.7 Å². The van der Waals surface area contributed by atoms with Crippen LogP contribution >= 0.6 is 0 Å². The van der Waals surface area contributed by atoms with Crippen LogP contribution in [0.4, 0.5) is 5.69 Å². The molecule has 0 radical (unpaired) electrons. The van der Waals surface area contributed by atoms with Crippen molar-refractivity contribution in [1.29, 1.82) is 0 Å². The Balaban J connectivity index is 1.74. The molecule has 4 rings (SSSR count). The lowest BCUT2D eigenvalue weighted by molar-refractivity contribution is 0.387. The van der Waals surface area contributed by atoms with E-state index in [4.69, 9.17) is 0 Å². The predicted molar refractivity (Wildman–Crippen MR) is 84.5 cm³/mol. The Hall–Kier alpha value is -1.02. The SMILES string of the molecule is CCCC1CCN2c3c(cccc3[C@@H]3CNCCC32)C1. The maximum Gasteiger partial charge on any atom is 0.0438 e. The van der Waals surface area contributed by atoms with Crippen molar-refractivity contribution in [2.24, 2.45) is 5.92 Å². The molecule has 1 aromatic carbocycles. The molecule has 0 spiro atoms. The van der Waals surface area contributed by atoms with E-state index in [-0.39, 0.29) is 0 Å². The number of benzene rings is 1. The molecule has 3 aliphatic rings. The Kier molecular flexibility index (Phi) is 3.22. The summed E-state index contributed by atoms with van der Waals surface area (Å²) in [5, 5.41) is 3.60. The second kappa shape index (κ2) is 5.07. The summed E-state index contributed by atoms with van der Waals surface area (Å²) in [6, 6.07) is 7.86. The number of nitrogens with one attached hydrogen (secondary N) is 1. The molecular formula is C18H26N2. The Labute approximate surface area is 122 Å². The zero-order chi connectivity index (χ0) is 13.5. The van der Waals surface area contributed by atoms with Crippen LogP contribution in [-0.2, 0) is 6.42 Å². The summed E-state index contributed by atoms with van der Waals surface area (Å²) in [5.74, 6) is 1.64. The summed E-state index contributed by atoms with van der Waals surface area (Å²) < 4.78 is 0. The second-order valence-corrected chi connectivity index (χ2v) is 6.86.